The van der Waals surface area contributed by atoms with Crippen LogP contribution in [-0.2, 0) is 24.3 Å². The van der Waals surface area contributed by atoms with Gasteiger partial charge in [-0.2, -0.15) is 0 Å². The smallest absolute Gasteiger partial charge is 0.327 e. The topological polar surface area (TPSA) is 107 Å². The van der Waals surface area contributed by atoms with E-state index in [-0.39, 0.29) is 20.6 Å². The van der Waals surface area contributed by atoms with Crippen molar-refractivity contribution in [3.63, 3.8) is 0 Å². The monoisotopic (exact) mass is 617 g/mol. The zero-order valence-electron chi connectivity index (χ0n) is 22.8. The van der Waals surface area contributed by atoms with Crippen molar-refractivity contribution in [3.8, 4) is 5.82 Å². The van der Waals surface area contributed by atoms with Gasteiger partial charge in [-0.15, -0.1) is 0 Å². The normalized spacial score (nSPS) is 14.3. The van der Waals surface area contributed by atoms with Crippen LogP contribution in [0, 0.1) is 0 Å². The van der Waals surface area contributed by atoms with Crippen LogP contribution in [0.25, 0.3) is 16.7 Å². The number of halogens is 2. The summed E-state index contributed by atoms with van der Waals surface area (Å²) in [6.45, 7) is 7.41. The highest BCUT2D eigenvalue weighted by molar-refractivity contribution is 7.92. The van der Waals surface area contributed by atoms with Gasteiger partial charge in [0, 0.05) is 34.7 Å². The standard InChI is InChI=1S/C28H29Cl2N5O5S/c1-28(2,3)40-27(36)18-35(41(37,38)23-14-20(29)13-21(30)15-23)22-4-5-24-19(12-22)6-7-34(24)26-17-31-25(16-32-26)33-8-10-39-11-9-33/h4-7,12-17H,8-11,18H2,1-3H3. The molecule has 216 valence electrons. The molecule has 0 unspecified atom stereocenters. The number of carbonyl (C=O) groups excluding carboxylic acids is 1. The van der Waals surface area contributed by atoms with Gasteiger partial charge in [0.05, 0.1) is 41.7 Å². The Bertz CT molecular complexity index is 1660. The molecule has 4 aromatic rings. The summed E-state index contributed by atoms with van der Waals surface area (Å²) in [5, 5.41) is 1.04. The second kappa shape index (κ2) is 11.5. The van der Waals surface area contributed by atoms with Gasteiger partial charge >= 0.3 is 5.97 Å². The summed E-state index contributed by atoms with van der Waals surface area (Å²) >= 11 is 12.2. The Kier molecular flexibility index (Phi) is 8.15. The first-order valence-corrected chi connectivity index (χ1v) is 15.1. The van der Waals surface area contributed by atoms with Gasteiger partial charge in [-0.05, 0) is 63.2 Å². The molecule has 1 aliphatic heterocycles. The number of aromatic nitrogens is 3. The molecule has 1 saturated heterocycles. The second-order valence-corrected chi connectivity index (χ2v) is 13.2. The van der Waals surface area contributed by atoms with E-state index in [2.05, 4.69) is 14.9 Å². The van der Waals surface area contributed by atoms with Crippen LogP contribution in [-0.4, -0.2) is 67.4 Å². The molecule has 5 rings (SSSR count). The summed E-state index contributed by atoms with van der Waals surface area (Å²) < 4.78 is 41.4. The maximum absolute atomic E-state index is 13.8. The van der Waals surface area contributed by atoms with E-state index in [1.54, 1.807) is 51.4 Å². The fraction of sp³-hybridized carbons (Fsp3) is 0.321. The third-order valence-corrected chi connectivity index (χ3v) is 8.47. The van der Waals surface area contributed by atoms with E-state index in [1.165, 1.54) is 18.2 Å². The fourth-order valence-electron chi connectivity index (χ4n) is 4.49. The zero-order chi connectivity index (χ0) is 29.4. The van der Waals surface area contributed by atoms with Crippen molar-refractivity contribution in [2.45, 2.75) is 31.3 Å². The molecule has 1 fully saturated rings. The molecule has 41 heavy (non-hydrogen) atoms. The molecule has 2 aromatic carbocycles. The predicted octanol–water partition coefficient (Wildman–Crippen LogP) is 5.10. The maximum atomic E-state index is 13.8. The number of hydrogen-bond acceptors (Lipinski definition) is 8. The van der Waals surface area contributed by atoms with Crippen LogP contribution in [0.4, 0.5) is 11.5 Å². The number of sulfonamides is 1. The van der Waals surface area contributed by atoms with Crippen molar-refractivity contribution in [2.75, 3.05) is 42.1 Å². The number of rotatable bonds is 7. The van der Waals surface area contributed by atoms with Gasteiger partial charge in [-0.1, -0.05) is 23.2 Å². The summed E-state index contributed by atoms with van der Waals surface area (Å²) in [5.41, 5.74) is 0.249. The summed E-state index contributed by atoms with van der Waals surface area (Å²) in [6, 6.07) is 10.9. The lowest BCUT2D eigenvalue weighted by Gasteiger charge is -2.27. The Morgan fingerprint density at radius 1 is 1.00 bits per heavy atom. The minimum Gasteiger partial charge on any atom is -0.459 e. The molecule has 0 amide bonds. The van der Waals surface area contributed by atoms with E-state index < -0.39 is 28.1 Å². The molecule has 0 N–H and O–H groups in total. The van der Waals surface area contributed by atoms with Gasteiger partial charge < -0.3 is 14.4 Å². The Labute approximate surface area is 248 Å². The summed E-state index contributed by atoms with van der Waals surface area (Å²) in [4.78, 5) is 24.0. The van der Waals surface area contributed by atoms with Crippen LogP contribution in [0.3, 0.4) is 0 Å². The number of hydrogen-bond donors (Lipinski definition) is 0. The second-order valence-electron chi connectivity index (χ2n) is 10.5. The number of ether oxygens (including phenoxy) is 2. The third-order valence-electron chi connectivity index (χ3n) is 6.29. The van der Waals surface area contributed by atoms with Crippen molar-refractivity contribution in [2.24, 2.45) is 0 Å². The molecule has 2 aromatic heterocycles. The maximum Gasteiger partial charge on any atom is 0.327 e. The van der Waals surface area contributed by atoms with Crippen molar-refractivity contribution in [3.05, 3.63) is 71.1 Å². The summed E-state index contributed by atoms with van der Waals surface area (Å²) in [5.74, 6) is 0.680. The van der Waals surface area contributed by atoms with Crippen LogP contribution < -0.4 is 9.21 Å². The highest BCUT2D eigenvalue weighted by Gasteiger charge is 2.30. The number of benzene rings is 2. The highest BCUT2D eigenvalue weighted by Crippen LogP contribution is 2.31. The van der Waals surface area contributed by atoms with E-state index in [0.717, 1.165) is 34.1 Å². The highest BCUT2D eigenvalue weighted by atomic mass is 35.5. The largest absolute Gasteiger partial charge is 0.459 e. The van der Waals surface area contributed by atoms with E-state index in [1.807, 2.05) is 16.8 Å². The Morgan fingerprint density at radius 3 is 2.29 bits per heavy atom. The molecule has 0 aliphatic carbocycles. The van der Waals surface area contributed by atoms with Crippen LogP contribution in [0.2, 0.25) is 10.0 Å². The number of fused-ring (bicyclic) bond motifs is 1. The fourth-order valence-corrected chi connectivity index (χ4v) is 6.62. The van der Waals surface area contributed by atoms with E-state index >= 15 is 0 Å². The minimum atomic E-state index is -4.26. The van der Waals surface area contributed by atoms with Gasteiger partial charge in [0.2, 0.25) is 0 Å². The van der Waals surface area contributed by atoms with Gasteiger partial charge in [-0.25, -0.2) is 18.4 Å². The molecular formula is C28H29Cl2N5O5S. The molecule has 10 nitrogen and oxygen atoms in total. The predicted molar refractivity (Wildman–Crippen MR) is 159 cm³/mol. The molecule has 0 saturated carbocycles. The molecule has 0 atom stereocenters. The first-order valence-electron chi connectivity index (χ1n) is 12.9. The minimum absolute atomic E-state index is 0.146. The Morgan fingerprint density at radius 2 is 1.66 bits per heavy atom. The lowest BCUT2D eigenvalue weighted by molar-refractivity contribution is -0.152. The van der Waals surface area contributed by atoms with Crippen molar-refractivity contribution in [1.82, 2.24) is 14.5 Å². The number of anilines is 2. The molecule has 3 heterocycles. The SMILES string of the molecule is CC(C)(C)OC(=O)CN(c1ccc2c(ccn2-c2cnc(N3CCOCC3)cn2)c1)S(=O)(=O)c1cc(Cl)cc(Cl)c1. The lowest BCUT2D eigenvalue weighted by atomic mass is 10.2. The van der Waals surface area contributed by atoms with E-state index in [9.17, 15) is 13.2 Å². The molecular weight excluding hydrogens is 589 g/mol. The average Bonchev–Trinajstić information content (AvgIpc) is 3.34. The first-order chi connectivity index (χ1) is 19.4. The van der Waals surface area contributed by atoms with Crippen molar-refractivity contribution >= 4 is 61.6 Å². The molecule has 0 radical (unpaired) electrons. The number of morpholine rings is 1. The van der Waals surface area contributed by atoms with Gasteiger partial charge in [-0.3, -0.25) is 13.7 Å². The Hall–Kier alpha value is -3.38. The van der Waals surface area contributed by atoms with E-state index in [0.29, 0.717) is 19.0 Å². The molecule has 0 bridgehead atoms. The van der Waals surface area contributed by atoms with Gasteiger partial charge in [0.15, 0.2) is 5.82 Å². The third kappa shape index (κ3) is 6.59. The number of esters is 1. The first kappa shape index (κ1) is 29.1. The summed E-state index contributed by atoms with van der Waals surface area (Å²) in [7, 11) is -4.26. The molecule has 13 heteroatoms. The van der Waals surface area contributed by atoms with E-state index in [4.69, 9.17) is 32.7 Å². The van der Waals surface area contributed by atoms with Gasteiger partial charge in [0.25, 0.3) is 10.0 Å². The number of carbonyl (C=O) groups is 1. The quantitative estimate of drug-likeness (QED) is 0.264. The van der Waals surface area contributed by atoms with Gasteiger partial charge in [0.1, 0.15) is 18.0 Å². The zero-order valence-corrected chi connectivity index (χ0v) is 25.1. The average molecular weight is 619 g/mol. The van der Waals surface area contributed by atoms with Crippen LogP contribution in [0.15, 0.2) is 66.0 Å². The summed E-state index contributed by atoms with van der Waals surface area (Å²) in [6.07, 6.45) is 5.25. The number of nitrogens with zero attached hydrogens (tertiary/aromatic N) is 5. The van der Waals surface area contributed by atoms with Crippen LogP contribution in [0.1, 0.15) is 20.8 Å². The van der Waals surface area contributed by atoms with Crippen molar-refractivity contribution < 1.29 is 22.7 Å². The molecule has 1 aliphatic rings. The molecule has 0 spiro atoms. The van der Waals surface area contributed by atoms with Crippen molar-refractivity contribution in [1.29, 1.82) is 0 Å². The van der Waals surface area contributed by atoms with Crippen LogP contribution >= 0.6 is 23.2 Å². The lowest BCUT2D eigenvalue weighted by Crippen LogP contribution is -2.39. The van der Waals surface area contributed by atoms with Crippen LogP contribution in [0.5, 0.6) is 0 Å². The Balaban J connectivity index is 1.50.